The molecule has 2 aliphatic carbocycles. The number of aromatic amines is 2. The molecule has 2 amide bonds. The van der Waals surface area contributed by atoms with Crippen molar-refractivity contribution in [3.05, 3.63) is 233 Å². The van der Waals surface area contributed by atoms with Gasteiger partial charge in [-0.05, 0) is 209 Å². The van der Waals surface area contributed by atoms with Crippen molar-refractivity contribution >= 4 is 111 Å². The Kier molecular flexibility index (Phi) is 27.1. The van der Waals surface area contributed by atoms with Crippen molar-refractivity contribution in [1.82, 2.24) is 53.9 Å². The molecule has 29 nitrogen and oxygen atoms in total. The van der Waals surface area contributed by atoms with Crippen LogP contribution in [-0.2, 0) is 32.9 Å². The summed E-state index contributed by atoms with van der Waals surface area (Å²) in [6.45, 7) is 25.3. The number of rotatable bonds is 25. The summed E-state index contributed by atoms with van der Waals surface area (Å²) in [5.74, 6) is -0.607. The average molecular weight is 1850 g/mol. The minimum atomic E-state index is -4.62. The molecule has 130 heavy (non-hydrogen) atoms. The third-order valence-corrected chi connectivity index (χ3v) is 29.9. The molecule has 0 unspecified atom stereocenters. The molecule has 33 heteroatoms. The van der Waals surface area contributed by atoms with Crippen molar-refractivity contribution in [2.24, 2.45) is 22.7 Å². The molecule has 6 aliphatic heterocycles. The van der Waals surface area contributed by atoms with E-state index in [0.29, 0.717) is 60.0 Å². The van der Waals surface area contributed by atoms with Crippen molar-refractivity contribution < 1.29 is 55.2 Å². The maximum Gasteiger partial charge on any atom is 0.277 e. The number of H-pyrrole nitrogens is 2. The van der Waals surface area contributed by atoms with Crippen LogP contribution in [0.25, 0.3) is 33.2 Å². The van der Waals surface area contributed by atoms with Crippen molar-refractivity contribution in [3.8, 4) is 34.5 Å². The number of ether oxygens (including phenoxy) is 4. The van der Waals surface area contributed by atoms with E-state index in [0.717, 1.165) is 207 Å². The highest BCUT2D eigenvalue weighted by molar-refractivity contribution is 7.90. The minimum Gasteiger partial charge on any atom is -0.493 e. The fraction of sp³-hybridized carbons (Fsp3) is 0.423. The molecule has 6 aromatic carbocycles. The van der Waals surface area contributed by atoms with Crippen LogP contribution < -0.4 is 38.2 Å². The van der Waals surface area contributed by atoms with Gasteiger partial charge in [-0.25, -0.2) is 36.2 Å². The molecule has 10 heterocycles. The van der Waals surface area contributed by atoms with Gasteiger partial charge in [0.1, 0.15) is 45.8 Å². The highest BCUT2D eigenvalue weighted by Crippen LogP contribution is 2.47. The number of carbonyl (C=O) groups is 2. The number of nitro benzene ring substituents is 2. The van der Waals surface area contributed by atoms with Gasteiger partial charge in [0.2, 0.25) is 0 Å². The highest BCUT2D eigenvalue weighted by Gasteiger charge is 2.38. The van der Waals surface area contributed by atoms with Crippen molar-refractivity contribution in [1.29, 1.82) is 0 Å². The summed E-state index contributed by atoms with van der Waals surface area (Å²) < 4.78 is 84.9. The quantitative estimate of drug-likeness (QED) is 0.0305. The van der Waals surface area contributed by atoms with Crippen LogP contribution in [0.5, 0.6) is 34.5 Å². The molecule has 0 saturated carbocycles. The SMILES string of the molecule is CC1(C)CCC(CN2CCN(c3ccc(C(=O)NS(=O)(=O)c4cc5c(c([N+](=O)[O-])c4)C[C@H](CCN4CCCCC4)CO5)c(Oc4cnc5[nH]ccc5c4)c3)CC2)=C(c2ccc(Cl)cc2)C1.CN1CCN(C[C@H]2COc3cc(S(=O)(=O)NC(=O)c4ccc(N5CCN(CC6=C(c7ccc(Cl)cc7)CC(C)(C)CC6)CC5)cc4Oc4cnc5[nH]ccc5c4)cc([N+](=O)[O-])c3C2)CC1. The number of benzene rings is 6. The zero-order valence-corrected chi connectivity index (χ0v) is 77.1. The summed E-state index contributed by atoms with van der Waals surface area (Å²) in [5, 5.41) is 27.8. The molecule has 18 rings (SSSR count). The number of hydrogen-bond donors (Lipinski definition) is 4. The van der Waals surface area contributed by atoms with E-state index in [-0.39, 0.29) is 68.2 Å². The molecule has 8 aliphatic rings. The number of hydrogen-bond acceptors (Lipinski definition) is 23. The Morgan fingerprint density at radius 2 is 0.954 bits per heavy atom. The predicted octanol–water partition coefficient (Wildman–Crippen LogP) is 16.9. The monoisotopic (exact) mass is 1840 g/mol. The highest BCUT2D eigenvalue weighted by atomic mass is 35.5. The van der Waals surface area contributed by atoms with Crippen LogP contribution in [0.3, 0.4) is 0 Å². The van der Waals surface area contributed by atoms with Crippen LogP contribution in [0.15, 0.2) is 179 Å². The number of likely N-dealkylation sites (tertiary alicyclic amines) is 1. The lowest BCUT2D eigenvalue weighted by Crippen LogP contribution is -2.47. The lowest BCUT2D eigenvalue weighted by Gasteiger charge is -2.39. The molecule has 0 spiro atoms. The number of allylic oxidation sites excluding steroid dienone is 2. The van der Waals surface area contributed by atoms with Gasteiger partial charge in [-0.2, -0.15) is 0 Å². The number of nitro groups is 2. The molecule has 4 N–H and O–H groups in total. The first-order valence-electron chi connectivity index (χ1n) is 45.0. The average Bonchev–Trinajstić information content (AvgIpc) is 1.00. The molecular formula is C97H111Cl2N15O14S2. The number of piperazine rings is 3. The first-order valence-corrected chi connectivity index (χ1v) is 48.7. The van der Waals surface area contributed by atoms with E-state index in [4.69, 9.17) is 42.1 Å². The number of anilines is 2. The van der Waals surface area contributed by atoms with Gasteiger partial charge in [-0.15, -0.1) is 0 Å². The third-order valence-electron chi connectivity index (χ3n) is 26.8. The van der Waals surface area contributed by atoms with Gasteiger partial charge >= 0.3 is 0 Å². The smallest absolute Gasteiger partial charge is 0.277 e. The molecule has 684 valence electrons. The number of carbonyl (C=O) groups excluding carboxylic acids is 2. The van der Waals surface area contributed by atoms with E-state index in [1.54, 1.807) is 60.9 Å². The summed E-state index contributed by atoms with van der Waals surface area (Å²) in [5.41, 5.74) is 11.6. The number of likely N-dealkylation sites (N-methyl/N-ethyl adjacent to an activating group) is 1. The van der Waals surface area contributed by atoms with Crippen LogP contribution in [0.4, 0.5) is 22.7 Å². The number of sulfonamides is 2. The van der Waals surface area contributed by atoms with Crippen LogP contribution in [0.1, 0.15) is 135 Å². The summed E-state index contributed by atoms with van der Waals surface area (Å²) in [6.07, 6.45) is 18.2. The Balaban J connectivity index is 0.000000182. The van der Waals surface area contributed by atoms with Gasteiger partial charge in [-0.3, -0.25) is 39.6 Å². The van der Waals surface area contributed by atoms with Gasteiger partial charge < -0.3 is 53.4 Å². The van der Waals surface area contributed by atoms with Crippen molar-refractivity contribution in [3.63, 3.8) is 0 Å². The zero-order valence-electron chi connectivity index (χ0n) is 74.0. The van der Waals surface area contributed by atoms with Gasteiger partial charge in [0.05, 0.1) is 67.5 Å². The van der Waals surface area contributed by atoms with Gasteiger partial charge in [0.25, 0.3) is 43.2 Å². The number of piperidine rings is 1. The first kappa shape index (κ1) is 90.9. The van der Waals surface area contributed by atoms with Gasteiger partial charge in [0, 0.05) is 185 Å². The zero-order chi connectivity index (χ0) is 90.8. The number of nitrogens with zero attached hydrogens (tertiary/aromatic N) is 11. The normalized spacial score (nSPS) is 19.6. The Labute approximate surface area is 767 Å². The van der Waals surface area contributed by atoms with Crippen LogP contribution in [-0.4, -0.2) is 221 Å². The fourth-order valence-corrected chi connectivity index (χ4v) is 21.6. The predicted molar refractivity (Wildman–Crippen MR) is 504 cm³/mol. The Hall–Kier alpha value is -11.0. The molecular weight excluding hydrogens is 1730 g/mol. The second kappa shape index (κ2) is 38.8. The van der Waals surface area contributed by atoms with Crippen LogP contribution in [0.2, 0.25) is 10.0 Å². The van der Waals surface area contributed by atoms with Crippen molar-refractivity contribution in [2.75, 3.05) is 148 Å². The third kappa shape index (κ3) is 21.6. The maximum absolute atomic E-state index is 14.1. The molecule has 4 aromatic heterocycles. The van der Waals surface area contributed by atoms with Crippen molar-refractivity contribution in [2.45, 2.75) is 115 Å². The Morgan fingerprint density at radius 3 is 1.40 bits per heavy atom. The van der Waals surface area contributed by atoms with E-state index in [9.17, 15) is 46.7 Å². The summed E-state index contributed by atoms with van der Waals surface area (Å²) in [7, 11) is -7.15. The largest absolute Gasteiger partial charge is 0.493 e. The summed E-state index contributed by atoms with van der Waals surface area (Å²) in [4.78, 5) is 82.4. The number of aromatic nitrogens is 4. The number of amides is 2. The van der Waals surface area contributed by atoms with E-state index < -0.39 is 51.5 Å². The summed E-state index contributed by atoms with van der Waals surface area (Å²) in [6, 6.07) is 38.4. The standard InChI is InChI=1S/C49H56ClN7O7S.C48H55ClN8O7S/c1-49(2)15-12-36(43(29-49)34-6-8-37(50)9-7-34)31-55-20-22-56(23-21-55)38-10-11-41(46(26-38)64-39-25-35-13-16-51-47(35)52-30-39)48(58)53-65(61,62)40-27-44(57(59)60)42-24-33(32-63-45(42)28-40)14-19-54-17-4-3-5-18-54;1-48(2)12-10-35(42(27-48)33-4-6-36(49)7-5-33)30-55-18-20-56(21-19-55)37-8-9-40(45(24-37)64-38-23-34-11-13-50-46(34)51-28-38)47(58)52-65(61,62)39-25-43(57(59)60)41-22-32(31-63-44(41)26-39)29-54-16-14-53(3)15-17-54/h6-11,13,16,25-28,30,33H,3-5,12,14-15,17-24,29,31-32H2,1-2H3,(H,51,52)(H,53,58);4-9,11,13,23-26,28,32H,10,12,14-22,27,29-31H2,1-3H3,(H,50,51)(H,52,58)/t33-;32-/m00/s1. The molecule has 0 radical (unpaired) electrons. The summed E-state index contributed by atoms with van der Waals surface area (Å²) >= 11 is 12.5. The second-order valence-corrected chi connectivity index (χ2v) is 41.6. The first-order chi connectivity index (χ1) is 62.4. The minimum absolute atomic E-state index is 0.00573. The number of nitrogens with one attached hydrogen (secondary N) is 4. The maximum atomic E-state index is 14.1. The second-order valence-electron chi connectivity index (χ2n) is 37.4. The van der Waals surface area contributed by atoms with Crippen LogP contribution in [0, 0.1) is 42.9 Å². The molecule has 2 atom stereocenters. The van der Waals surface area contributed by atoms with E-state index in [1.165, 1.54) is 77.2 Å². The Morgan fingerprint density at radius 1 is 0.523 bits per heavy atom. The number of pyridine rings is 2. The van der Waals surface area contributed by atoms with E-state index >= 15 is 0 Å². The lowest BCUT2D eigenvalue weighted by atomic mass is 9.72. The van der Waals surface area contributed by atoms with Gasteiger partial charge in [0.15, 0.2) is 0 Å². The molecule has 4 fully saturated rings. The number of halogens is 2. The topological polar surface area (TPSA) is 330 Å². The fourth-order valence-electron chi connectivity index (χ4n) is 19.3. The molecule has 4 saturated heterocycles. The van der Waals surface area contributed by atoms with Gasteiger partial charge in [-0.1, -0.05) is 92.7 Å². The lowest BCUT2D eigenvalue weighted by molar-refractivity contribution is -0.386. The van der Waals surface area contributed by atoms with E-state index in [1.807, 2.05) is 36.4 Å². The molecule has 10 aromatic rings. The molecule has 0 bridgehead atoms. The Bertz CT molecular complexity index is 6210. The number of fused-ring (bicyclic) bond motifs is 4. The van der Waals surface area contributed by atoms with E-state index in [2.05, 4.69) is 123 Å². The van der Waals surface area contributed by atoms with Crippen LogP contribution >= 0.6 is 23.2 Å².